The maximum absolute atomic E-state index is 2.56. The molecule has 0 aliphatic carbocycles. The molecule has 2 heterocycles. The third kappa shape index (κ3) is 5.14. The lowest BCUT2D eigenvalue weighted by Gasteiger charge is -2.21. The summed E-state index contributed by atoms with van der Waals surface area (Å²) in [5.74, 6) is 0. The van der Waals surface area contributed by atoms with Gasteiger partial charge in [0.2, 0.25) is 0 Å². The summed E-state index contributed by atoms with van der Waals surface area (Å²) in [5, 5.41) is 14.1. The van der Waals surface area contributed by atoms with E-state index in [1.807, 2.05) is 0 Å². The summed E-state index contributed by atoms with van der Waals surface area (Å²) < 4.78 is 0. The van der Waals surface area contributed by atoms with Crippen LogP contribution < -0.4 is 20.7 Å². The van der Waals surface area contributed by atoms with Crippen molar-refractivity contribution < 1.29 is 0 Å². The summed E-state index contributed by atoms with van der Waals surface area (Å²) >= 11 is 0. The van der Waals surface area contributed by atoms with E-state index in [-0.39, 0.29) is 0 Å². The molecule has 0 N–H and O–H groups in total. The Labute approximate surface area is 354 Å². The Morgan fingerprint density at radius 1 is 0.250 bits per heavy atom. The second-order valence-electron chi connectivity index (χ2n) is 18.1. The van der Waals surface area contributed by atoms with Crippen LogP contribution in [0.15, 0.2) is 194 Å². The van der Waals surface area contributed by atoms with Crippen LogP contribution in [0.3, 0.4) is 0 Å². The molecule has 2 heteroatoms. The first kappa shape index (κ1) is 35.4. The summed E-state index contributed by atoms with van der Waals surface area (Å²) in [6.45, 7) is 10.2. The van der Waals surface area contributed by atoms with Gasteiger partial charge in [0.05, 0.1) is 0 Å². The normalized spacial score (nSPS) is 14.3. The van der Waals surface area contributed by atoms with Gasteiger partial charge in [0.25, 0.3) is 0 Å². The Hall–Kier alpha value is -6.59. The first-order chi connectivity index (χ1) is 29.3. The van der Waals surface area contributed by atoms with Crippen molar-refractivity contribution in [1.29, 1.82) is 0 Å². The zero-order valence-corrected chi connectivity index (χ0v) is 36.5. The maximum atomic E-state index is 2.56. The zero-order valence-electron chi connectivity index (χ0n) is 34.5. The van der Waals surface area contributed by atoms with E-state index >= 15 is 0 Å². The van der Waals surface area contributed by atoms with E-state index in [4.69, 9.17) is 0 Å². The molecule has 284 valence electrons. The van der Waals surface area contributed by atoms with Gasteiger partial charge in [-0.3, -0.25) is 0 Å². The van der Waals surface area contributed by atoms with Gasteiger partial charge in [-0.05, 0) is 144 Å². The molecule has 10 aromatic rings. The molecule has 0 nitrogen and oxygen atoms in total. The van der Waals surface area contributed by atoms with Crippen molar-refractivity contribution in [3.05, 3.63) is 194 Å². The molecule has 10 aromatic carbocycles. The molecule has 0 saturated heterocycles. The second kappa shape index (κ2) is 13.0. The topological polar surface area (TPSA) is 0 Å². The van der Waals surface area contributed by atoms with E-state index < -0.39 is 16.1 Å². The number of hydrogen-bond donors (Lipinski definition) is 0. The van der Waals surface area contributed by atoms with E-state index in [9.17, 15) is 0 Å². The molecule has 0 amide bonds. The molecule has 0 bridgehead atoms. The minimum atomic E-state index is -2.03. The van der Waals surface area contributed by atoms with Crippen LogP contribution in [-0.2, 0) is 0 Å². The Kier molecular flexibility index (Phi) is 7.64. The summed E-state index contributed by atoms with van der Waals surface area (Å²) in [6.07, 6.45) is 0. The quantitative estimate of drug-likeness (QED) is 0.156. The molecule has 0 radical (unpaired) electrons. The average Bonchev–Trinajstić information content (AvgIpc) is 3.67. The Morgan fingerprint density at radius 3 is 0.950 bits per heavy atom. The van der Waals surface area contributed by atoms with Crippen molar-refractivity contribution in [2.24, 2.45) is 0 Å². The van der Waals surface area contributed by atoms with Gasteiger partial charge in [0.15, 0.2) is 0 Å². The number of hydrogen-bond acceptors (Lipinski definition) is 0. The molecular weight excluding hydrogens is 753 g/mol. The Morgan fingerprint density at radius 2 is 0.583 bits per heavy atom. The van der Waals surface area contributed by atoms with Gasteiger partial charge in [-0.25, -0.2) is 0 Å². The van der Waals surface area contributed by atoms with Crippen molar-refractivity contribution in [2.75, 3.05) is 0 Å². The summed E-state index contributed by atoms with van der Waals surface area (Å²) in [7, 11) is -4.06. The first-order valence-electron chi connectivity index (χ1n) is 21.3. The van der Waals surface area contributed by atoms with Crippen molar-refractivity contribution in [3.63, 3.8) is 0 Å². The lowest BCUT2D eigenvalue weighted by atomic mass is 9.89. The Bertz CT molecular complexity index is 3180. The fourth-order valence-corrected chi connectivity index (χ4v) is 17.0. The smallest absolute Gasteiger partial charge is 0.0622 e. The third-order valence-electron chi connectivity index (χ3n) is 14.0. The molecule has 12 rings (SSSR count). The molecule has 0 spiro atoms. The van der Waals surface area contributed by atoms with Crippen LogP contribution in [0.4, 0.5) is 0 Å². The molecule has 0 unspecified atom stereocenters. The SMILES string of the molecule is C[Si]1(C)c2cc(-c3cc4ccccc4cc3-c3ccccc3)ccc2-c2c1ccc1c3c(ccc21)[Si](C)(C)c1cc(-c2cc4ccccc4cc2-c2ccccc2)ccc1-3. The van der Waals surface area contributed by atoms with Crippen LogP contribution in [0.2, 0.25) is 26.2 Å². The molecule has 2 aliphatic rings. The predicted octanol–water partition coefficient (Wildman–Crippen LogP) is 13.4. The van der Waals surface area contributed by atoms with E-state index in [0.717, 1.165) is 0 Å². The van der Waals surface area contributed by atoms with Crippen LogP contribution in [0, 0.1) is 0 Å². The molecule has 60 heavy (non-hydrogen) atoms. The minimum absolute atomic E-state index is 1.26. The van der Waals surface area contributed by atoms with Crippen LogP contribution >= 0.6 is 0 Å². The zero-order chi connectivity index (χ0) is 40.3. The van der Waals surface area contributed by atoms with Gasteiger partial charge in [-0.2, -0.15) is 0 Å². The molecular formula is C58H44Si2. The third-order valence-corrected chi connectivity index (χ3v) is 21.1. The van der Waals surface area contributed by atoms with Crippen molar-refractivity contribution in [2.45, 2.75) is 26.2 Å². The monoisotopic (exact) mass is 796 g/mol. The van der Waals surface area contributed by atoms with Gasteiger partial charge in [0.1, 0.15) is 16.1 Å². The molecule has 0 aromatic heterocycles. The van der Waals surface area contributed by atoms with Crippen LogP contribution in [0.25, 0.3) is 99.1 Å². The second-order valence-corrected chi connectivity index (χ2v) is 26.7. The average molecular weight is 797 g/mol. The highest BCUT2D eigenvalue weighted by atomic mass is 28.3. The fraction of sp³-hybridized carbons (Fsp3) is 0.0690. The Balaban J connectivity index is 1.01. The van der Waals surface area contributed by atoms with E-state index in [2.05, 4.69) is 220 Å². The highest BCUT2D eigenvalue weighted by molar-refractivity contribution is 7.05. The van der Waals surface area contributed by atoms with Gasteiger partial charge >= 0.3 is 0 Å². The maximum Gasteiger partial charge on any atom is 0.113 e. The molecule has 0 atom stereocenters. The highest BCUT2D eigenvalue weighted by Crippen LogP contribution is 2.44. The van der Waals surface area contributed by atoms with Gasteiger partial charge in [-0.15, -0.1) is 0 Å². The van der Waals surface area contributed by atoms with Crippen LogP contribution in [0.5, 0.6) is 0 Å². The van der Waals surface area contributed by atoms with Crippen molar-refractivity contribution in [1.82, 2.24) is 0 Å². The van der Waals surface area contributed by atoms with Crippen LogP contribution in [0.1, 0.15) is 0 Å². The van der Waals surface area contributed by atoms with Crippen LogP contribution in [-0.4, -0.2) is 16.1 Å². The number of fused-ring (bicyclic) bond motifs is 11. The van der Waals surface area contributed by atoms with E-state index in [0.29, 0.717) is 0 Å². The first-order valence-corrected chi connectivity index (χ1v) is 27.3. The number of benzene rings is 10. The van der Waals surface area contributed by atoms with E-state index in [1.54, 1.807) is 20.7 Å². The van der Waals surface area contributed by atoms with Gasteiger partial charge < -0.3 is 0 Å². The molecule has 0 saturated carbocycles. The van der Waals surface area contributed by atoms with E-state index in [1.165, 1.54) is 99.1 Å². The standard InChI is InChI=1S/C58H44Si2/c1-59(2)53-29-27-46-45(57(53)47-25-23-43(35-55(47)59)51-33-41-21-13-11-19-39(41)31-49(51)37-15-7-5-8-16-37)28-30-54-58(46)48-26-24-44(36-56(48)60(54,3)4)52-34-42-22-14-12-20-40(42)32-50(52)38-17-9-6-10-18-38/h5-36H,1-4H3. The predicted molar refractivity (Wildman–Crippen MR) is 265 cm³/mol. The highest BCUT2D eigenvalue weighted by Gasteiger charge is 2.42. The summed E-state index contributed by atoms with van der Waals surface area (Å²) in [5.41, 5.74) is 16.1. The lowest BCUT2D eigenvalue weighted by molar-refractivity contribution is 1.61. The van der Waals surface area contributed by atoms with Gasteiger partial charge in [-0.1, -0.05) is 196 Å². The molecule has 0 fully saturated rings. The van der Waals surface area contributed by atoms with Crippen molar-refractivity contribution in [3.8, 4) is 66.8 Å². The fourth-order valence-electron chi connectivity index (χ4n) is 10.9. The summed E-state index contributed by atoms with van der Waals surface area (Å²) in [4.78, 5) is 0. The summed E-state index contributed by atoms with van der Waals surface area (Å²) in [6, 6.07) is 73.7. The van der Waals surface area contributed by atoms with Crippen molar-refractivity contribution >= 4 is 69.2 Å². The minimum Gasteiger partial charge on any atom is -0.0622 e. The van der Waals surface area contributed by atoms with Gasteiger partial charge in [0, 0.05) is 0 Å². The number of rotatable bonds is 4. The lowest BCUT2D eigenvalue weighted by Crippen LogP contribution is -2.49. The largest absolute Gasteiger partial charge is 0.113 e. The molecule has 2 aliphatic heterocycles.